The number of halogens is 1. The molecule has 1 fully saturated rings. The lowest BCUT2D eigenvalue weighted by Gasteiger charge is -2.29. The summed E-state index contributed by atoms with van der Waals surface area (Å²) in [5.41, 5.74) is 4.37. The highest BCUT2D eigenvalue weighted by atomic mass is 32.1. The monoisotopic (exact) mass is 450 g/mol. The standard InChI is InChI=1S/C25H27FN4OS/c1-30-22-11-10-18(13-21(22)24(26)29-30)17-8-6-16(7-9-17)14-27-20-5-3-4-19(12-20)23-15-28-25(31-2)32-23/h3-5,10-13,15-17,27H,6-9,14H2,1-2H3/t16-,17-. The number of benzene rings is 2. The molecule has 0 aliphatic heterocycles. The third-order valence-corrected chi connectivity index (χ3v) is 7.56. The average Bonchev–Trinajstić information content (AvgIpc) is 3.42. The summed E-state index contributed by atoms with van der Waals surface area (Å²) in [5.74, 6) is 0.776. The van der Waals surface area contributed by atoms with E-state index in [2.05, 4.69) is 45.7 Å². The Balaban J connectivity index is 1.18. The second-order valence-corrected chi connectivity index (χ2v) is 9.56. The van der Waals surface area contributed by atoms with Gasteiger partial charge in [0.1, 0.15) is 0 Å². The van der Waals surface area contributed by atoms with Crippen molar-refractivity contribution in [3.05, 3.63) is 60.2 Å². The fourth-order valence-corrected chi connectivity index (χ4v) is 5.45. The summed E-state index contributed by atoms with van der Waals surface area (Å²) in [6.07, 6.45) is 6.49. The van der Waals surface area contributed by atoms with E-state index < -0.39 is 0 Å². The molecule has 0 amide bonds. The number of aromatic nitrogens is 3. The van der Waals surface area contributed by atoms with Crippen LogP contribution in [0.1, 0.15) is 37.2 Å². The lowest BCUT2D eigenvalue weighted by Crippen LogP contribution is -2.20. The number of methoxy groups -OCH3 is 1. The molecule has 2 aromatic carbocycles. The van der Waals surface area contributed by atoms with Crippen LogP contribution in [0, 0.1) is 11.9 Å². The minimum Gasteiger partial charge on any atom is -0.473 e. The lowest BCUT2D eigenvalue weighted by atomic mass is 9.78. The topological polar surface area (TPSA) is 52.0 Å². The molecule has 2 aromatic heterocycles. The van der Waals surface area contributed by atoms with Crippen molar-refractivity contribution in [2.24, 2.45) is 13.0 Å². The van der Waals surface area contributed by atoms with Crippen molar-refractivity contribution in [3.8, 4) is 15.6 Å². The molecule has 32 heavy (non-hydrogen) atoms. The van der Waals surface area contributed by atoms with Crippen LogP contribution >= 0.6 is 11.3 Å². The number of thiazole rings is 1. The SMILES string of the molecule is COc1ncc(-c2cccc(NC[C@H]3CC[C@H](c4ccc5c(c4)c(F)nn5C)CC3)c2)s1. The zero-order valence-corrected chi connectivity index (χ0v) is 19.2. The maximum absolute atomic E-state index is 14.1. The molecule has 0 bridgehead atoms. The van der Waals surface area contributed by atoms with Crippen molar-refractivity contribution in [1.82, 2.24) is 14.8 Å². The Kier molecular flexibility index (Phi) is 5.83. The molecule has 1 aliphatic rings. The van der Waals surface area contributed by atoms with Crippen molar-refractivity contribution in [2.75, 3.05) is 19.0 Å². The Labute approximate surface area is 191 Å². The average molecular weight is 451 g/mol. The first-order chi connectivity index (χ1) is 15.6. The number of fused-ring (bicyclic) bond motifs is 1. The maximum Gasteiger partial charge on any atom is 0.273 e. The Bertz CT molecular complexity index is 1230. The zero-order valence-electron chi connectivity index (χ0n) is 18.3. The Morgan fingerprint density at radius 3 is 2.78 bits per heavy atom. The first-order valence-corrected chi connectivity index (χ1v) is 11.9. The molecule has 1 aliphatic carbocycles. The van der Waals surface area contributed by atoms with Gasteiger partial charge in [-0.1, -0.05) is 29.5 Å². The molecule has 0 spiro atoms. The van der Waals surface area contributed by atoms with Gasteiger partial charge < -0.3 is 10.1 Å². The molecule has 0 atom stereocenters. The second-order valence-electron chi connectivity index (χ2n) is 8.56. The van der Waals surface area contributed by atoms with Gasteiger partial charge in [0, 0.05) is 25.5 Å². The largest absolute Gasteiger partial charge is 0.473 e. The summed E-state index contributed by atoms with van der Waals surface area (Å²) in [4.78, 5) is 5.37. The number of nitrogens with one attached hydrogen (secondary N) is 1. The molecule has 5 rings (SSSR count). The van der Waals surface area contributed by atoms with E-state index in [1.165, 1.54) is 18.4 Å². The third-order valence-electron chi connectivity index (χ3n) is 6.55. The van der Waals surface area contributed by atoms with Crippen LogP contribution in [0.3, 0.4) is 0 Å². The van der Waals surface area contributed by atoms with Crippen LogP contribution in [0.5, 0.6) is 5.19 Å². The van der Waals surface area contributed by atoms with Crippen LogP contribution < -0.4 is 10.1 Å². The summed E-state index contributed by atoms with van der Waals surface area (Å²) in [5, 5.41) is 8.84. The molecular formula is C25H27FN4OS. The molecule has 7 heteroatoms. The summed E-state index contributed by atoms with van der Waals surface area (Å²) < 4.78 is 20.9. The number of nitrogens with zero attached hydrogens (tertiary/aromatic N) is 3. The van der Waals surface area contributed by atoms with E-state index in [0.29, 0.717) is 22.4 Å². The molecule has 1 N–H and O–H groups in total. The summed E-state index contributed by atoms with van der Waals surface area (Å²) in [6, 6.07) is 14.6. The molecular weight excluding hydrogens is 423 g/mol. The normalized spacial score (nSPS) is 18.7. The van der Waals surface area contributed by atoms with E-state index in [-0.39, 0.29) is 5.95 Å². The lowest BCUT2D eigenvalue weighted by molar-refractivity contribution is 0.338. The fourth-order valence-electron chi connectivity index (χ4n) is 4.72. The van der Waals surface area contributed by atoms with Gasteiger partial charge in [-0.3, -0.25) is 4.68 Å². The van der Waals surface area contributed by atoms with Gasteiger partial charge in [-0.25, -0.2) is 4.98 Å². The number of aryl methyl sites for hydroxylation is 1. The smallest absolute Gasteiger partial charge is 0.273 e. The predicted octanol–water partition coefficient (Wildman–Crippen LogP) is 6.23. The van der Waals surface area contributed by atoms with Gasteiger partial charge in [-0.05, 0) is 72.9 Å². The van der Waals surface area contributed by atoms with Crippen molar-refractivity contribution < 1.29 is 9.13 Å². The Morgan fingerprint density at radius 2 is 2.00 bits per heavy atom. The summed E-state index contributed by atoms with van der Waals surface area (Å²) >= 11 is 1.55. The number of hydrogen-bond acceptors (Lipinski definition) is 5. The highest BCUT2D eigenvalue weighted by Gasteiger charge is 2.23. The van der Waals surface area contributed by atoms with Crippen molar-refractivity contribution in [3.63, 3.8) is 0 Å². The number of rotatable bonds is 6. The van der Waals surface area contributed by atoms with Gasteiger partial charge in [-0.15, -0.1) is 5.10 Å². The predicted molar refractivity (Wildman–Crippen MR) is 128 cm³/mol. The van der Waals surface area contributed by atoms with Crippen LogP contribution in [0.15, 0.2) is 48.7 Å². The van der Waals surface area contributed by atoms with E-state index in [1.807, 2.05) is 18.3 Å². The van der Waals surface area contributed by atoms with Gasteiger partial charge in [0.05, 0.1) is 22.9 Å². The molecule has 0 radical (unpaired) electrons. The van der Waals surface area contributed by atoms with Crippen molar-refractivity contribution in [2.45, 2.75) is 31.6 Å². The van der Waals surface area contributed by atoms with Gasteiger partial charge >= 0.3 is 0 Å². The Hall–Kier alpha value is -2.93. The fraction of sp³-hybridized carbons (Fsp3) is 0.360. The molecule has 2 heterocycles. The number of anilines is 1. The summed E-state index contributed by atoms with van der Waals surface area (Å²) in [7, 11) is 3.43. The second kappa shape index (κ2) is 8.90. The maximum atomic E-state index is 14.1. The third kappa shape index (κ3) is 4.21. The molecule has 0 unspecified atom stereocenters. The van der Waals surface area contributed by atoms with Gasteiger partial charge in [0.15, 0.2) is 0 Å². The number of hydrogen-bond donors (Lipinski definition) is 1. The molecule has 166 valence electrons. The molecule has 0 saturated heterocycles. The van der Waals surface area contributed by atoms with Crippen LogP contribution in [-0.4, -0.2) is 28.4 Å². The van der Waals surface area contributed by atoms with Crippen molar-refractivity contribution >= 4 is 27.9 Å². The van der Waals surface area contributed by atoms with E-state index in [1.54, 1.807) is 30.2 Å². The first kappa shape index (κ1) is 20.9. The van der Waals surface area contributed by atoms with E-state index in [4.69, 9.17) is 4.74 Å². The van der Waals surface area contributed by atoms with E-state index >= 15 is 0 Å². The van der Waals surface area contributed by atoms with E-state index in [9.17, 15) is 4.39 Å². The number of ether oxygens (including phenoxy) is 1. The van der Waals surface area contributed by atoms with Crippen molar-refractivity contribution in [1.29, 1.82) is 0 Å². The molecule has 1 saturated carbocycles. The first-order valence-electron chi connectivity index (χ1n) is 11.1. The highest BCUT2D eigenvalue weighted by Crippen LogP contribution is 2.37. The van der Waals surface area contributed by atoms with Gasteiger partial charge in [0.2, 0.25) is 5.95 Å². The van der Waals surface area contributed by atoms with E-state index in [0.717, 1.165) is 41.0 Å². The minimum absolute atomic E-state index is 0.374. The van der Waals surface area contributed by atoms with Crippen LogP contribution in [0.2, 0.25) is 0 Å². The van der Waals surface area contributed by atoms with Crippen LogP contribution in [0.4, 0.5) is 10.1 Å². The van der Waals surface area contributed by atoms with Crippen LogP contribution in [-0.2, 0) is 7.05 Å². The highest BCUT2D eigenvalue weighted by molar-refractivity contribution is 7.16. The van der Waals surface area contributed by atoms with Gasteiger partial charge in [0.25, 0.3) is 5.19 Å². The molecule has 4 aromatic rings. The zero-order chi connectivity index (χ0) is 22.1. The Morgan fingerprint density at radius 1 is 1.16 bits per heavy atom. The van der Waals surface area contributed by atoms with Crippen LogP contribution in [0.25, 0.3) is 21.3 Å². The summed E-state index contributed by atoms with van der Waals surface area (Å²) in [6.45, 7) is 0.971. The quantitative estimate of drug-likeness (QED) is 0.378. The van der Waals surface area contributed by atoms with Gasteiger partial charge in [-0.2, -0.15) is 4.39 Å². The molecule has 5 nitrogen and oxygen atoms in total. The minimum atomic E-state index is -0.374.